The van der Waals surface area contributed by atoms with Gasteiger partial charge < -0.3 is 153 Å². The molecule has 752 valence electrons. The van der Waals surface area contributed by atoms with Crippen molar-refractivity contribution in [2.75, 3.05) is 183 Å². The van der Waals surface area contributed by atoms with Crippen LogP contribution in [0.4, 0.5) is 0 Å². The van der Waals surface area contributed by atoms with E-state index in [-0.39, 0.29) is 161 Å². The van der Waals surface area contributed by atoms with E-state index < -0.39 is 197 Å². The van der Waals surface area contributed by atoms with Crippen molar-refractivity contribution in [3.05, 3.63) is 144 Å². The van der Waals surface area contributed by atoms with Crippen molar-refractivity contribution < 1.29 is 57.5 Å². The number of primary amides is 1. The highest BCUT2D eigenvalue weighted by molar-refractivity contribution is 5.96. The Morgan fingerprint density at radius 3 is 0.584 bits per heavy atom. The third-order valence-electron chi connectivity index (χ3n) is 21.8. The van der Waals surface area contributed by atoms with Gasteiger partial charge in [0.05, 0.1) is 83.1 Å². The lowest BCUT2D eigenvalue weighted by molar-refractivity contribution is -0.150. The molecule has 0 saturated heterocycles. The standard InChI is InChI=1S/C88H143N37O12/c1-61(65-25-9-5-10-26-65)122(50-69(89)126)77(134)55-119(46-22-39-112-86(100)101)71(128)51-116(43-19-36-109-83(94)95)75(132)59-124(63(3)67-29-13-7-14-30-67)79(136)57-121(48-24-41-114-88(104)105)73(130)53-118(45-21-38-111-85(98)99)76(133)60-125(64(4)68-31-15-8-16-32-68)80(137)56-120(47-23-40-113-87(102)103)72(129)52-117(44-20-37-110-84(96)97)74(131)58-123(62(2)66-27-11-6-12-28-66)78(135)54-115(42-18-35-108-82(92)93)70(127)49-106-33-17-34-107-81(90)91/h5-16,25-32,61-64,106H,17-24,33-60H2,1-4H3,(H2,89,126)(H4,90,91,107)(H4,92,93,108)(H4,94,95,109)(H4,96,97,110)(H4,98,99,111)(H4,100,101,112)(H4,102,103,113)(H4,104,105,114). The van der Waals surface area contributed by atoms with Crippen LogP contribution in [0, 0.1) is 43.3 Å². The van der Waals surface area contributed by atoms with Crippen molar-refractivity contribution in [3.63, 3.8) is 0 Å². The Morgan fingerprint density at radius 2 is 0.394 bits per heavy atom. The van der Waals surface area contributed by atoms with Crippen LogP contribution in [-0.4, -0.2) is 356 Å². The van der Waals surface area contributed by atoms with Gasteiger partial charge in [-0.1, -0.05) is 121 Å². The fraction of sp³-hybridized carbons (Fsp3) is 0.500. The number of rotatable bonds is 64. The first-order chi connectivity index (χ1) is 65.2. The molecule has 49 heteroatoms. The number of carbonyl (C=O) groups is 12. The molecular weight excluding hydrogens is 1770 g/mol. The minimum absolute atomic E-state index is 0.000900. The molecule has 0 heterocycles. The zero-order valence-electron chi connectivity index (χ0n) is 78.8. The predicted octanol–water partition coefficient (Wildman–Crippen LogP) is -4.79. The van der Waals surface area contributed by atoms with Crippen LogP contribution in [0.5, 0.6) is 0 Å². The molecule has 0 aliphatic rings. The van der Waals surface area contributed by atoms with Gasteiger partial charge in [0, 0.05) is 98.2 Å². The highest BCUT2D eigenvalue weighted by atomic mass is 16.2. The summed E-state index contributed by atoms with van der Waals surface area (Å²) in [5.41, 5.74) is 53.1. The molecule has 4 atom stereocenters. The summed E-state index contributed by atoms with van der Waals surface area (Å²) >= 11 is 0. The van der Waals surface area contributed by atoms with Crippen LogP contribution < -0.4 is 99.5 Å². The molecule has 0 fully saturated rings. The summed E-state index contributed by atoms with van der Waals surface area (Å²) in [7, 11) is 0. The third kappa shape index (κ3) is 44.8. The van der Waals surface area contributed by atoms with E-state index in [1.165, 1.54) is 34.3 Å². The van der Waals surface area contributed by atoms with Crippen LogP contribution in [0.1, 0.15) is 125 Å². The van der Waals surface area contributed by atoms with Crippen LogP contribution in [0.2, 0.25) is 0 Å². The summed E-state index contributed by atoms with van der Waals surface area (Å²) in [6.07, 6.45) is 1.11. The van der Waals surface area contributed by atoms with E-state index in [1.54, 1.807) is 149 Å². The number of hydrogen-bond donors (Lipinski definition) is 26. The molecule has 0 aliphatic carbocycles. The monoisotopic (exact) mass is 1910 g/mol. The van der Waals surface area contributed by atoms with Gasteiger partial charge in [-0.25, -0.2) is 0 Å². The zero-order chi connectivity index (χ0) is 101. The van der Waals surface area contributed by atoms with Crippen LogP contribution in [0.3, 0.4) is 0 Å². The fourth-order valence-electron chi connectivity index (χ4n) is 14.4. The Kier molecular flexibility index (Phi) is 51.7. The van der Waals surface area contributed by atoms with Gasteiger partial charge in [-0.15, -0.1) is 0 Å². The lowest BCUT2D eigenvalue weighted by atomic mass is 10.1. The number of nitrogens with one attached hydrogen (secondary N) is 17. The van der Waals surface area contributed by atoms with Gasteiger partial charge >= 0.3 is 0 Å². The molecule has 4 aromatic carbocycles. The predicted molar refractivity (Wildman–Crippen MR) is 521 cm³/mol. The summed E-state index contributed by atoms with van der Waals surface area (Å²) in [6, 6.07) is 31.1. The topological polar surface area (TPSA) is 774 Å². The van der Waals surface area contributed by atoms with Gasteiger partial charge in [0.1, 0.15) is 19.6 Å². The molecule has 0 bridgehead atoms. The normalized spacial score (nSPS) is 11.6. The average Bonchev–Trinajstić information content (AvgIpc) is 0.833. The van der Waals surface area contributed by atoms with Gasteiger partial charge in [-0.3, -0.25) is 101 Å². The average molecular weight is 1910 g/mol. The Hall–Kier alpha value is -15.4. The summed E-state index contributed by atoms with van der Waals surface area (Å²) < 4.78 is 0. The first-order valence-corrected chi connectivity index (χ1v) is 45.1. The second-order valence-electron chi connectivity index (χ2n) is 32.3. The maximum absolute atomic E-state index is 15.7. The lowest BCUT2D eigenvalue weighted by Gasteiger charge is -2.36. The number of carbonyl (C=O) groups excluding carboxylic acids is 12. The number of guanidine groups is 8. The Bertz CT molecular complexity index is 4600. The zero-order valence-corrected chi connectivity index (χ0v) is 78.8. The van der Waals surface area contributed by atoms with Crippen molar-refractivity contribution in [3.8, 4) is 0 Å². The number of nitrogens with zero attached hydrogens (tertiary/aromatic N) is 11. The van der Waals surface area contributed by atoms with E-state index in [0.717, 1.165) is 19.6 Å². The smallest absolute Gasteiger partial charge is 0.243 e. The van der Waals surface area contributed by atoms with Crippen molar-refractivity contribution >= 4 is 119 Å². The molecule has 49 nitrogen and oxygen atoms in total. The van der Waals surface area contributed by atoms with Crippen LogP contribution in [0.15, 0.2) is 121 Å². The van der Waals surface area contributed by atoms with Crippen molar-refractivity contribution in [1.29, 1.82) is 43.3 Å². The molecule has 137 heavy (non-hydrogen) atoms. The molecule has 0 aliphatic heterocycles. The van der Waals surface area contributed by atoms with Crippen molar-refractivity contribution in [2.24, 2.45) is 51.6 Å². The van der Waals surface area contributed by atoms with Gasteiger partial charge in [0.2, 0.25) is 70.9 Å². The third-order valence-corrected chi connectivity index (χ3v) is 21.8. The highest BCUT2D eigenvalue weighted by Crippen LogP contribution is 2.26. The van der Waals surface area contributed by atoms with E-state index in [1.807, 2.05) is 0 Å². The molecule has 0 spiro atoms. The van der Waals surface area contributed by atoms with E-state index in [0.29, 0.717) is 41.8 Å². The number of hydrogen-bond acceptors (Lipinski definition) is 21. The van der Waals surface area contributed by atoms with Gasteiger partial charge in [-0.05, 0) is 108 Å². The maximum atomic E-state index is 15.7. The van der Waals surface area contributed by atoms with Crippen molar-refractivity contribution in [1.82, 2.24) is 102 Å². The molecular formula is C88H143N37O12. The second-order valence-corrected chi connectivity index (χ2v) is 32.3. The molecule has 4 rings (SSSR count). The van der Waals surface area contributed by atoms with Crippen LogP contribution >= 0.6 is 0 Å². The number of benzene rings is 4. The van der Waals surface area contributed by atoms with E-state index >= 15 is 38.4 Å². The maximum Gasteiger partial charge on any atom is 0.243 e. The van der Waals surface area contributed by atoms with Gasteiger partial charge in [0.25, 0.3) is 0 Å². The molecule has 4 unspecified atom stereocenters. The first-order valence-electron chi connectivity index (χ1n) is 45.1. The minimum Gasteiger partial charge on any atom is -0.370 e. The molecule has 0 saturated carbocycles. The molecule has 4 aromatic rings. The highest BCUT2D eigenvalue weighted by Gasteiger charge is 2.37. The second kappa shape index (κ2) is 62.2. The quantitative estimate of drug-likeness (QED) is 0.0112. The summed E-state index contributed by atoms with van der Waals surface area (Å²) in [6.45, 7) is -1.55. The largest absolute Gasteiger partial charge is 0.370 e. The van der Waals surface area contributed by atoms with Gasteiger partial charge in [-0.2, -0.15) is 0 Å². The van der Waals surface area contributed by atoms with Crippen LogP contribution in [-0.2, 0) is 57.5 Å². The molecule has 0 aromatic heterocycles. The molecule has 35 N–H and O–H groups in total. The number of amides is 12. The number of nitrogens with two attached hydrogens (primary N) is 9. The fourth-order valence-corrected chi connectivity index (χ4v) is 14.4. The summed E-state index contributed by atoms with van der Waals surface area (Å²) in [5, 5.41) is 86.9. The Balaban J connectivity index is 1.85. The first kappa shape index (κ1) is 114. The summed E-state index contributed by atoms with van der Waals surface area (Å²) in [5.74, 6) is -12.1. The van der Waals surface area contributed by atoms with E-state index in [2.05, 4.69) is 47.9 Å². The minimum atomic E-state index is -0.984. The summed E-state index contributed by atoms with van der Waals surface area (Å²) in [4.78, 5) is 193. The Morgan fingerprint density at radius 1 is 0.226 bits per heavy atom. The lowest BCUT2D eigenvalue weighted by Crippen LogP contribution is -2.54. The Labute approximate surface area is 799 Å². The van der Waals surface area contributed by atoms with Gasteiger partial charge in [0.15, 0.2) is 47.7 Å². The van der Waals surface area contributed by atoms with E-state index in [4.69, 9.17) is 94.9 Å². The molecule has 0 radical (unpaired) electrons. The molecule has 12 amide bonds. The van der Waals surface area contributed by atoms with Crippen LogP contribution in [0.25, 0.3) is 0 Å². The SMILES string of the molecule is CC(c1ccccc1)N(CC(N)=O)C(=O)CN(CCCNC(=N)N)C(=O)CN(CCCNC(=N)N)C(=O)CN(C(=O)CN(CCCNC(=N)N)C(=O)CN(CCCNC(=N)N)C(=O)CN(C(=O)CN(CCCNC(=N)N)C(=O)CN(CCCNC(=N)N)C(=O)CN(C(=O)CN(CCCNC(=N)N)C(=O)CNCCCNC(=N)N)C(C)c1ccccc1)C(C)c1ccccc1)C(C)c1ccccc1. The van der Waals surface area contributed by atoms with Crippen molar-refractivity contribution in [2.45, 2.75) is 103 Å². The van der Waals surface area contributed by atoms with E-state index in [9.17, 15) is 19.2 Å².